The third-order valence-electron chi connectivity index (χ3n) is 3.69. The second-order valence-electron chi connectivity index (χ2n) is 5.49. The van der Waals surface area contributed by atoms with E-state index in [1.54, 1.807) is 12.1 Å². The molecule has 0 unspecified atom stereocenters. The topological polar surface area (TPSA) is 33.3 Å². The van der Waals surface area contributed by atoms with E-state index in [0.717, 1.165) is 19.6 Å². The second-order valence-corrected chi connectivity index (χ2v) is 6.81. The van der Waals surface area contributed by atoms with E-state index in [9.17, 15) is 4.39 Å². The maximum absolute atomic E-state index is 13.7. The van der Waals surface area contributed by atoms with Gasteiger partial charge in [-0.1, -0.05) is 35.2 Å². The summed E-state index contributed by atoms with van der Waals surface area (Å²) in [6.45, 7) is 1.46. The summed E-state index contributed by atoms with van der Waals surface area (Å²) >= 11 is 8.39. The minimum absolute atomic E-state index is 0.334. The van der Waals surface area contributed by atoms with Crippen LogP contribution in [0.1, 0.15) is 38.5 Å². The number of hydrogen-bond donors (Lipinski definition) is 2. The summed E-state index contributed by atoms with van der Waals surface area (Å²) in [6.07, 6.45) is 7.63. The minimum Gasteiger partial charge on any atom is -0.378 e. The number of nitrogens with one attached hydrogen (secondary N) is 2. The fourth-order valence-corrected chi connectivity index (χ4v) is 3.06. The summed E-state index contributed by atoms with van der Waals surface area (Å²) in [5, 5.41) is 6.36. The minimum atomic E-state index is -0.334. The quantitative estimate of drug-likeness (QED) is 0.550. The van der Waals surface area contributed by atoms with Crippen LogP contribution in [0, 0.1) is 5.82 Å². The Morgan fingerprint density at radius 2 is 2.09 bits per heavy atom. The third-order valence-corrected chi connectivity index (χ3v) is 4.43. The number of ether oxygens (including phenoxy) is 1. The summed E-state index contributed by atoms with van der Waals surface area (Å²) in [6, 6.07) is 4.83. The van der Waals surface area contributed by atoms with Crippen molar-refractivity contribution < 1.29 is 9.13 Å². The van der Waals surface area contributed by atoms with Crippen molar-refractivity contribution in [1.82, 2.24) is 5.32 Å². The van der Waals surface area contributed by atoms with E-state index >= 15 is 0 Å². The molecule has 6 heteroatoms. The predicted molar refractivity (Wildman–Crippen MR) is 95.8 cm³/mol. The van der Waals surface area contributed by atoms with Gasteiger partial charge in [-0.2, -0.15) is 0 Å². The zero-order valence-electron chi connectivity index (χ0n) is 12.5. The van der Waals surface area contributed by atoms with Crippen molar-refractivity contribution in [3.8, 4) is 0 Å². The van der Waals surface area contributed by atoms with Gasteiger partial charge in [-0.05, 0) is 49.7 Å². The third kappa shape index (κ3) is 6.18. The van der Waals surface area contributed by atoms with Crippen molar-refractivity contribution >= 4 is 38.9 Å². The SMILES string of the molecule is Fc1cc(Br)ccc1NC(=S)NCCCOC1CCCCC1. The first-order valence-electron chi connectivity index (χ1n) is 7.76. The van der Waals surface area contributed by atoms with Gasteiger partial charge in [0.2, 0.25) is 0 Å². The molecule has 3 nitrogen and oxygen atoms in total. The Balaban J connectivity index is 1.59. The highest BCUT2D eigenvalue weighted by molar-refractivity contribution is 9.10. The molecule has 0 bridgehead atoms. The van der Waals surface area contributed by atoms with Crippen molar-refractivity contribution in [1.29, 1.82) is 0 Å². The van der Waals surface area contributed by atoms with Gasteiger partial charge >= 0.3 is 0 Å². The van der Waals surface area contributed by atoms with Gasteiger partial charge in [-0.15, -0.1) is 0 Å². The van der Waals surface area contributed by atoms with Gasteiger partial charge in [0.05, 0.1) is 11.8 Å². The summed E-state index contributed by atoms with van der Waals surface area (Å²) in [5.41, 5.74) is 0.374. The highest BCUT2D eigenvalue weighted by Gasteiger charge is 2.13. The Labute approximate surface area is 145 Å². The van der Waals surface area contributed by atoms with Crippen LogP contribution in [0.15, 0.2) is 22.7 Å². The van der Waals surface area contributed by atoms with Gasteiger partial charge in [-0.25, -0.2) is 4.39 Å². The molecular formula is C16H22BrFN2OS. The molecule has 22 heavy (non-hydrogen) atoms. The van der Waals surface area contributed by atoms with E-state index in [0.29, 0.717) is 21.4 Å². The number of thiocarbonyl (C=S) groups is 1. The molecule has 1 aliphatic rings. The molecule has 0 amide bonds. The molecule has 0 spiro atoms. The molecule has 2 N–H and O–H groups in total. The van der Waals surface area contributed by atoms with Crippen LogP contribution in [0.3, 0.4) is 0 Å². The summed E-state index contributed by atoms with van der Waals surface area (Å²) in [5.74, 6) is -0.334. The van der Waals surface area contributed by atoms with Crippen LogP contribution in [0.4, 0.5) is 10.1 Å². The van der Waals surface area contributed by atoms with Gasteiger partial charge in [-0.3, -0.25) is 0 Å². The summed E-state index contributed by atoms with van der Waals surface area (Å²) in [7, 11) is 0. The lowest BCUT2D eigenvalue weighted by Crippen LogP contribution is -2.30. The normalized spacial score (nSPS) is 15.5. The Bertz CT molecular complexity index is 495. The molecule has 1 aromatic rings. The molecule has 0 atom stereocenters. The second kappa shape index (κ2) is 9.43. The molecular weight excluding hydrogens is 367 g/mol. The summed E-state index contributed by atoms with van der Waals surface area (Å²) < 4.78 is 20.2. The molecule has 0 radical (unpaired) electrons. The average Bonchev–Trinajstić information content (AvgIpc) is 2.51. The Hall–Kier alpha value is -0.720. The molecule has 122 valence electrons. The smallest absolute Gasteiger partial charge is 0.170 e. The Morgan fingerprint density at radius 1 is 1.32 bits per heavy atom. The molecule has 0 aromatic heterocycles. The van der Waals surface area contributed by atoms with Gasteiger partial charge in [0, 0.05) is 17.6 Å². The number of rotatable bonds is 6. The molecule has 1 fully saturated rings. The van der Waals surface area contributed by atoms with E-state index in [1.165, 1.54) is 38.2 Å². The fourth-order valence-electron chi connectivity index (χ4n) is 2.51. The molecule has 1 aromatic carbocycles. The first-order chi connectivity index (χ1) is 10.6. The largest absolute Gasteiger partial charge is 0.378 e. The summed E-state index contributed by atoms with van der Waals surface area (Å²) in [4.78, 5) is 0. The molecule has 0 saturated heterocycles. The van der Waals surface area contributed by atoms with E-state index in [-0.39, 0.29) is 5.82 Å². The lowest BCUT2D eigenvalue weighted by molar-refractivity contribution is 0.0277. The average molecular weight is 389 g/mol. The van der Waals surface area contributed by atoms with Crippen molar-refractivity contribution in [2.45, 2.75) is 44.6 Å². The number of halogens is 2. The van der Waals surface area contributed by atoms with Crippen LogP contribution in [0.5, 0.6) is 0 Å². The first-order valence-corrected chi connectivity index (χ1v) is 8.97. The lowest BCUT2D eigenvalue weighted by atomic mass is 9.98. The Kier molecular flexibility index (Phi) is 7.55. The van der Waals surface area contributed by atoms with E-state index in [2.05, 4.69) is 26.6 Å². The number of benzene rings is 1. The molecule has 1 aliphatic carbocycles. The molecule has 2 rings (SSSR count). The van der Waals surface area contributed by atoms with Crippen molar-refractivity contribution in [3.63, 3.8) is 0 Å². The zero-order chi connectivity index (χ0) is 15.8. The maximum atomic E-state index is 13.7. The fraction of sp³-hybridized carbons (Fsp3) is 0.562. The van der Waals surface area contributed by atoms with Crippen molar-refractivity contribution in [3.05, 3.63) is 28.5 Å². The Morgan fingerprint density at radius 3 is 2.82 bits per heavy atom. The van der Waals surface area contributed by atoms with Crippen LogP contribution in [0.25, 0.3) is 0 Å². The molecule has 1 saturated carbocycles. The molecule has 0 heterocycles. The van der Waals surface area contributed by atoms with Crippen LogP contribution in [0.2, 0.25) is 0 Å². The van der Waals surface area contributed by atoms with E-state index in [4.69, 9.17) is 17.0 Å². The van der Waals surface area contributed by atoms with Gasteiger partial charge < -0.3 is 15.4 Å². The standard InChI is InChI=1S/C16H22BrFN2OS/c17-12-7-8-15(14(18)11-12)20-16(22)19-9-4-10-21-13-5-2-1-3-6-13/h7-8,11,13H,1-6,9-10H2,(H2,19,20,22). The van der Waals surface area contributed by atoms with Crippen molar-refractivity contribution in [2.24, 2.45) is 0 Å². The number of hydrogen-bond acceptors (Lipinski definition) is 2. The highest BCUT2D eigenvalue weighted by Crippen LogP contribution is 2.20. The number of anilines is 1. The van der Waals surface area contributed by atoms with Crippen LogP contribution in [-0.2, 0) is 4.74 Å². The lowest BCUT2D eigenvalue weighted by Gasteiger charge is -2.22. The van der Waals surface area contributed by atoms with E-state index < -0.39 is 0 Å². The van der Waals surface area contributed by atoms with E-state index in [1.807, 2.05) is 0 Å². The molecule has 0 aliphatic heterocycles. The van der Waals surface area contributed by atoms with Crippen LogP contribution >= 0.6 is 28.1 Å². The van der Waals surface area contributed by atoms with Gasteiger partial charge in [0.15, 0.2) is 5.11 Å². The van der Waals surface area contributed by atoms with Crippen molar-refractivity contribution in [2.75, 3.05) is 18.5 Å². The van der Waals surface area contributed by atoms with Crippen LogP contribution < -0.4 is 10.6 Å². The first kappa shape index (κ1) is 17.6. The highest BCUT2D eigenvalue weighted by atomic mass is 79.9. The van der Waals surface area contributed by atoms with Gasteiger partial charge in [0.25, 0.3) is 0 Å². The predicted octanol–water partition coefficient (Wildman–Crippen LogP) is 4.61. The maximum Gasteiger partial charge on any atom is 0.170 e. The monoisotopic (exact) mass is 388 g/mol. The van der Waals surface area contributed by atoms with Crippen LogP contribution in [-0.4, -0.2) is 24.4 Å². The zero-order valence-corrected chi connectivity index (χ0v) is 14.9. The van der Waals surface area contributed by atoms with Gasteiger partial charge in [0.1, 0.15) is 5.82 Å².